The number of tetrazole rings is 1. The minimum Gasteiger partial charge on any atom is -0.463 e. The molecule has 2 aromatic heterocycles. The number of esters is 1. The van der Waals surface area contributed by atoms with Crippen LogP contribution < -0.4 is 10.6 Å². The van der Waals surface area contributed by atoms with Gasteiger partial charge < -0.3 is 15.4 Å². The number of nitrogens with zero attached hydrogens (tertiary/aromatic N) is 4. The number of amides is 2. The molecule has 2 amide bonds. The van der Waals surface area contributed by atoms with E-state index < -0.39 is 12.0 Å². The molecular formula is C21H22N6O3S2. The summed E-state index contributed by atoms with van der Waals surface area (Å²) in [4.78, 5) is 26.1. The quantitative estimate of drug-likeness (QED) is 0.403. The third-order valence-corrected chi connectivity index (χ3v) is 6.73. The molecule has 0 unspecified atom stereocenters. The molecule has 166 valence electrons. The Morgan fingerprint density at radius 3 is 2.88 bits per heavy atom. The zero-order valence-corrected chi connectivity index (χ0v) is 19.4. The summed E-state index contributed by atoms with van der Waals surface area (Å²) >= 11 is 2.79. The van der Waals surface area contributed by atoms with Gasteiger partial charge in [-0.15, -0.1) is 16.4 Å². The number of aromatic nitrogens is 4. The van der Waals surface area contributed by atoms with Crippen LogP contribution in [0, 0.1) is 13.8 Å². The molecule has 0 radical (unpaired) electrons. The zero-order valence-electron chi connectivity index (χ0n) is 17.8. The normalized spacial score (nSPS) is 16.0. The fourth-order valence-corrected chi connectivity index (χ4v) is 5.09. The average molecular weight is 471 g/mol. The van der Waals surface area contributed by atoms with Crippen LogP contribution in [-0.2, 0) is 9.53 Å². The molecule has 0 bridgehead atoms. The van der Waals surface area contributed by atoms with Crippen LogP contribution in [0.1, 0.15) is 29.0 Å². The minimum atomic E-state index is -0.575. The smallest absolute Gasteiger partial charge is 0.338 e. The molecule has 0 fully saturated rings. The van der Waals surface area contributed by atoms with Crippen molar-refractivity contribution in [3.63, 3.8) is 0 Å². The molecule has 1 atom stereocenters. The molecule has 32 heavy (non-hydrogen) atoms. The summed E-state index contributed by atoms with van der Waals surface area (Å²) in [6.45, 7) is 6.01. The molecule has 9 nitrogen and oxygen atoms in total. The molecule has 11 heteroatoms. The van der Waals surface area contributed by atoms with Crippen LogP contribution >= 0.6 is 23.1 Å². The largest absolute Gasteiger partial charge is 0.463 e. The van der Waals surface area contributed by atoms with Crippen LogP contribution in [0.3, 0.4) is 0 Å². The number of benzene rings is 1. The number of nitrogens with one attached hydrogen (secondary N) is 2. The lowest BCUT2D eigenvalue weighted by molar-refractivity contribution is -0.139. The highest BCUT2D eigenvalue weighted by molar-refractivity contribution is 7.99. The second-order valence-electron chi connectivity index (χ2n) is 7.11. The molecule has 0 aliphatic carbocycles. The molecule has 0 saturated heterocycles. The maximum absolute atomic E-state index is 12.8. The number of carbonyl (C=O) groups is 2. The van der Waals surface area contributed by atoms with Gasteiger partial charge in [-0.05, 0) is 54.3 Å². The van der Waals surface area contributed by atoms with Crippen molar-refractivity contribution in [3.05, 3.63) is 63.0 Å². The number of ether oxygens (including phenoxy) is 1. The van der Waals surface area contributed by atoms with Gasteiger partial charge in [-0.2, -0.15) is 4.68 Å². The summed E-state index contributed by atoms with van der Waals surface area (Å²) in [6, 6.07) is 8.84. The highest BCUT2D eigenvalue weighted by Crippen LogP contribution is 2.32. The van der Waals surface area contributed by atoms with E-state index in [1.807, 2.05) is 43.5 Å². The Balaban J connectivity index is 1.66. The number of thioether (sulfide) groups is 1. The predicted octanol–water partition coefficient (Wildman–Crippen LogP) is 3.30. The highest BCUT2D eigenvalue weighted by atomic mass is 32.2. The zero-order chi connectivity index (χ0) is 22.7. The monoisotopic (exact) mass is 470 g/mol. The van der Waals surface area contributed by atoms with Crippen molar-refractivity contribution in [2.75, 3.05) is 12.4 Å². The van der Waals surface area contributed by atoms with Gasteiger partial charge in [0.1, 0.15) is 0 Å². The van der Waals surface area contributed by atoms with E-state index >= 15 is 0 Å². The van der Waals surface area contributed by atoms with Gasteiger partial charge in [-0.3, -0.25) is 0 Å². The van der Waals surface area contributed by atoms with E-state index in [1.54, 1.807) is 11.6 Å². The van der Waals surface area contributed by atoms with Crippen molar-refractivity contribution in [3.8, 4) is 5.69 Å². The molecular weight excluding hydrogens is 448 g/mol. The summed E-state index contributed by atoms with van der Waals surface area (Å²) < 4.78 is 6.95. The summed E-state index contributed by atoms with van der Waals surface area (Å²) in [5, 5.41) is 20.1. The topological polar surface area (TPSA) is 111 Å². The lowest BCUT2D eigenvalue weighted by atomic mass is 10.0. The molecule has 0 saturated carbocycles. The number of aryl methyl sites for hydroxylation is 2. The Morgan fingerprint density at radius 2 is 2.16 bits per heavy atom. The number of urea groups is 1. The van der Waals surface area contributed by atoms with Gasteiger partial charge in [-0.1, -0.05) is 35.5 Å². The van der Waals surface area contributed by atoms with E-state index in [2.05, 4.69) is 32.2 Å². The van der Waals surface area contributed by atoms with Gasteiger partial charge in [0, 0.05) is 16.3 Å². The molecule has 0 spiro atoms. The van der Waals surface area contributed by atoms with Gasteiger partial charge in [-0.25, -0.2) is 9.59 Å². The van der Waals surface area contributed by atoms with Crippen molar-refractivity contribution in [2.24, 2.45) is 0 Å². The predicted molar refractivity (Wildman–Crippen MR) is 122 cm³/mol. The summed E-state index contributed by atoms with van der Waals surface area (Å²) in [5.41, 5.74) is 3.92. The third kappa shape index (κ3) is 4.53. The first kappa shape index (κ1) is 22.0. The van der Waals surface area contributed by atoms with Crippen LogP contribution in [-0.4, -0.2) is 44.6 Å². The number of carbonyl (C=O) groups excluding carboxylic acids is 2. The van der Waals surface area contributed by atoms with Crippen LogP contribution in [0.4, 0.5) is 4.79 Å². The van der Waals surface area contributed by atoms with Crippen LogP contribution in [0.25, 0.3) is 5.69 Å². The Bertz CT molecular complexity index is 1170. The number of thiophene rings is 1. The van der Waals surface area contributed by atoms with Crippen molar-refractivity contribution in [1.29, 1.82) is 0 Å². The maximum atomic E-state index is 12.8. The summed E-state index contributed by atoms with van der Waals surface area (Å²) in [5.74, 6) is -0.183. The Hall–Kier alpha value is -3.18. The molecule has 4 rings (SSSR count). The van der Waals surface area contributed by atoms with E-state index in [-0.39, 0.29) is 18.4 Å². The van der Waals surface area contributed by atoms with Gasteiger partial charge in [0.2, 0.25) is 5.16 Å². The van der Waals surface area contributed by atoms with E-state index in [1.165, 1.54) is 23.1 Å². The van der Waals surface area contributed by atoms with Gasteiger partial charge >= 0.3 is 12.0 Å². The van der Waals surface area contributed by atoms with Crippen molar-refractivity contribution in [2.45, 2.75) is 32.0 Å². The van der Waals surface area contributed by atoms with Crippen LogP contribution in [0.2, 0.25) is 0 Å². The Morgan fingerprint density at radius 1 is 1.31 bits per heavy atom. The molecule has 1 aromatic carbocycles. The fraction of sp³-hybridized carbons (Fsp3) is 0.286. The van der Waals surface area contributed by atoms with Gasteiger partial charge in [0.25, 0.3) is 0 Å². The lowest BCUT2D eigenvalue weighted by Gasteiger charge is -2.28. The maximum Gasteiger partial charge on any atom is 0.338 e. The molecule has 2 N–H and O–H groups in total. The lowest BCUT2D eigenvalue weighted by Crippen LogP contribution is -2.46. The third-order valence-electron chi connectivity index (χ3n) is 4.84. The molecule has 1 aliphatic rings. The Labute approximate surface area is 193 Å². The highest BCUT2D eigenvalue weighted by Gasteiger charge is 2.34. The van der Waals surface area contributed by atoms with Crippen LogP contribution in [0.5, 0.6) is 0 Å². The summed E-state index contributed by atoms with van der Waals surface area (Å²) in [6.07, 6.45) is 0. The first-order valence-electron chi connectivity index (χ1n) is 9.97. The van der Waals surface area contributed by atoms with E-state index in [0.717, 1.165) is 21.7 Å². The number of rotatable bonds is 7. The van der Waals surface area contributed by atoms with Crippen molar-refractivity contribution >= 4 is 35.1 Å². The second kappa shape index (κ2) is 9.53. The summed E-state index contributed by atoms with van der Waals surface area (Å²) in [7, 11) is 0. The van der Waals surface area contributed by atoms with E-state index in [0.29, 0.717) is 16.4 Å². The van der Waals surface area contributed by atoms with Gasteiger partial charge in [0.15, 0.2) is 0 Å². The number of hydrogen-bond donors (Lipinski definition) is 2. The fourth-order valence-electron chi connectivity index (χ4n) is 3.45. The average Bonchev–Trinajstić information content (AvgIpc) is 3.44. The van der Waals surface area contributed by atoms with E-state index in [4.69, 9.17) is 4.74 Å². The molecule has 3 aromatic rings. The van der Waals surface area contributed by atoms with Crippen LogP contribution in [0.15, 0.2) is 52.1 Å². The van der Waals surface area contributed by atoms with E-state index in [9.17, 15) is 9.59 Å². The SMILES string of the molecule is CCOC(=O)C1=C(CSc2nnnn2-c2ccc(C)cc2C)NC(=O)N[C@H]1c1cccs1. The standard InChI is InChI=1S/C21H22N6O3S2/c1-4-30-19(28)17-14(22-20(29)23-18(17)16-6-5-9-31-16)11-32-21-24-25-26-27(21)15-8-7-12(2)10-13(15)3/h5-10,18H,4,11H2,1-3H3,(H2,22,23,29)/t18-/m0/s1. The minimum absolute atomic E-state index is 0.235. The second-order valence-corrected chi connectivity index (χ2v) is 9.03. The van der Waals surface area contributed by atoms with Gasteiger partial charge in [0.05, 0.1) is 23.9 Å². The number of hydrogen-bond acceptors (Lipinski definition) is 8. The Kier molecular flexibility index (Phi) is 6.56. The first-order chi connectivity index (χ1) is 15.5. The first-order valence-corrected chi connectivity index (χ1v) is 11.8. The van der Waals surface area contributed by atoms with Crippen molar-refractivity contribution in [1.82, 2.24) is 30.8 Å². The molecule has 1 aliphatic heterocycles. The molecule has 3 heterocycles. The van der Waals surface area contributed by atoms with Crippen molar-refractivity contribution < 1.29 is 14.3 Å².